The number of anilines is 3. The zero-order valence-electron chi connectivity index (χ0n) is 21.9. The van der Waals surface area contributed by atoms with Gasteiger partial charge in [-0.05, 0) is 78.3 Å². The Labute approximate surface area is 245 Å². The molecule has 3 aromatic rings. The molecule has 2 aliphatic rings. The van der Waals surface area contributed by atoms with E-state index in [1.165, 1.54) is 37.1 Å². The lowest BCUT2D eigenvalue weighted by molar-refractivity contribution is -0.117. The molecule has 12 heteroatoms. The van der Waals surface area contributed by atoms with Gasteiger partial charge < -0.3 is 14.8 Å². The molecule has 2 N–H and O–H groups in total. The maximum Gasteiger partial charge on any atom is 0.228 e. The van der Waals surface area contributed by atoms with Crippen LogP contribution in [0.1, 0.15) is 63.3 Å². The van der Waals surface area contributed by atoms with Crippen molar-refractivity contribution < 1.29 is 8.98 Å². The van der Waals surface area contributed by atoms with Crippen LogP contribution in [0.5, 0.6) is 5.75 Å². The predicted octanol–water partition coefficient (Wildman–Crippen LogP) is 7.53. The van der Waals surface area contributed by atoms with E-state index in [0.717, 1.165) is 47.0 Å². The van der Waals surface area contributed by atoms with E-state index in [1.54, 1.807) is 0 Å². The minimum atomic E-state index is 0. The van der Waals surface area contributed by atoms with Gasteiger partial charge >= 0.3 is 0 Å². The van der Waals surface area contributed by atoms with Crippen molar-refractivity contribution in [1.82, 2.24) is 18.6 Å². The molecule has 1 unspecified atom stereocenters. The lowest BCUT2D eigenvalue weighted by Gasteiger charge is -2.26. The number of rotatable bonds is 9. The van der Waals surface area contributed by atoms with Gasteiger partial charge in [-0.25, -0.2) is 14.3 Å². The molecule has 202 valence electrons. The van der Waals surface area contributed by atoms with E-state index >= 15 is 0 Å². The Hall–Kier alpha value is -1.27. The zero-order valence-corrected chi connectivity index (χ0v) is 26.9. The summed E-state index contributed by atoms with van der Waals surface area (Å²) in [6.45, 7) is 5.98. The van der Waals surface area contributed by atoms with Gasteiger partial charge in [0.1, 0.15) is 29.4 Å². The maximum atomic E-state index is 12.5. The van der Waals surface area contributed by atoms with Crippen molar-refractivity contribution in [2.24, 2.45) is 5.92 Å². The molecule has 2 aliphatic carbocycles. The highest BCUT2D eigenvalue weighted by Crippen LogP contribution is 2.42. The predicted molar refractivity (Wildman–Crippen MR) is 171 cm³/mol. The number of benzene rings is 1. The SMILES string of the molecule is CC.Cc1nc2c(Nc3ccc(C4CCC4)cc3OSN(C)C)cc(NC(=O)C3CC3)nc2n1PI.S. The maximum absolute atomic E-state index is 12.5. The van der Waals surface area contributed by atoms with E-state index in [9.17, 15) is 4.79 Å². The van der Waals surface area contributed by atoms with Gasteiger partial charge in [-0.1, -0.05) is 26.3 Å². The fraction of sp³-hybridized carbons (Fsp3) is 0.480. The molecule has 8 nitrogen and oxygen atoms in total. The molecule has 0 saturated heterocycles. The Kier molecular flexibility index (Phi) is 11.2. The molecular weight excluding hydrogens is 638 g/mol. The number of nitrogens with one attached hydrogen (secondary N) is 2. The van der Waals surface area contributed by atoms with Crippen LogP contribution in [-0.2, 0) is 4.79 Å². The second kappa shape index (κ2) is 13.7. The largest absolute Gasteiger partial charge is 0.407 e. The molecule has 2 aromatic heterocycles. The van der Waals surface area contributed by atoms with Crippen molar-refractivity contribution >= 4 is 88.4 Å². The van der Waals surface area contributed by atoms with E-state index in [1.807, 2.05) is 45.2 Å². The normalized spacial score (nSPS) is 15.2. The number of amides is 1. The average Bonchev–Trinajstić information content (AvgIpc) is 3.62. The quantitative estimate of drug-likeness (QED) is 0.105. The number of nitrogens with zero attached hydrogens (tertiary/aromatic N) is 4. The van der Waals surface area contributed by atoms with Crippen molar-refractivity contribution in [2.45, 2.75) is 58.8 Å². The van der Waals surface area contributed by atoms with E-state index in [-0.39, 0.29) is 25.3 Å². The van der Waals surface area contributed by atoms with E-state index in [2.05, 4.69) is 55.2 Å². The third-order valence-electron chi connectivity index (χ3n) is 6.19. The van der Waals surface area contributed by atoms with E-state index < -0.39 is 0 Å². The van der Waals surface area contributed by atoms with E-state index in [0.29, 0.717) is 18.1 Å². The van der Waals surface area contributed by atoms with Gasteiger partial charge in [0.15, 0.2) is 11.4 Å². The molecule has 1 atom stereocenters. The summed E-state index contributed by atoms with van der Waals surface area (Å²) >= 11 is 3.63. The van der Waals surface area contributed by atoms with Crippen LogP contribution in [0.15, 0.2) is 24.3 Å². The standard InChI is InChI=1S/C23H28IN6O2PS.C2H6.H2S/c1-13-25-21-18(12-20(27-22(21)30(13)33-24)28-23(31)15-7-8-15)26-17-10-9-16(14-5-4-6-14)11-19(17)32-34-29(2)3;1-2;/h9-12,14-15,33H,4-8H2,1-3H3,(H2,26,27,28,31);1-2H3;1H2. The van der Waals surface area contributed by atoms with Crippen LogP contribution in [-0.4, -0.2) is 38.6 Å². The molecule has 1 aromatic carbocycles. The smallest absolute Gasteiger partial charge is 0.228 e. The Morgan fingerprint density at radius 2 is 1.89 bits per heavy atom. The molecule has 2 fully saturated rings. The lowest BCUT2D eigenvalue weighted by Crippen LogP contribution is -2.14. The van der Waals surface area contributed by atoms with Gasteiger partial charge in [-0.2, -0.15) is 13.5 Å². The molecule has 2 heterocycles. The summed E-state index contributed by atoms with van der Waals surface area (Å²) in [5.41, 5.74) is 4.50. The summed E-state index contributed by atoms with van der Waals surface area (Å²) in [4.78, 5) is 22.0. The van der Waals surface area contributed by atoms with Gasteiger partial charge in [0.25, 0.3) is 0 Å². The van der Waals surface area contributed by atoms with Crippen molar-refractivity contribution in [1.29, 1.82) is 0 Å². The number of pyridine rings is 1. The highest BCUT2D eigenvalue weighted by atomic mass is 127. The Morgan fingerprint density at radius 1 is 1.16 bits per heavy atom. The third kappa shape index (κ3) is 7.23. The molecule has 37 heavy (non-hydrogen) atoms. The van der Waals surface area contributed by atoms with E-state index in [4.69, 9.17) is 14.2 Å². The lowest BCUT2D eigenvalue weighted by atomic mass is 9.80. The van der Waals surface area contributed by atoms with Crippen LogP contribution in [0.25, 0.3) is 11.2 Å². The first-order valence-corrected chi connectivity index (χ1v) is 17.2. The van der Waals surface area contributed by atoms with Crippen molar-refractivity contribution in [3.8, 4) is 5.75 Å². The monoisotopic (exact) mass is 674 g/mol. The van der Waals surface area contributed by atoms with Gasteiger partial charge in [0.05, 0.1) is 17.7 Å². The summed E-state index contributed by atoms with van der Waals surface area (Å²) in [5, 5.41) is 6.55. The summed E-state index contributed by atoms with van der Waals surface area (Å²) in [6, 6.07) is 8.28. The Bertz CT molecular complexity index is 1230. The molecule has 5 rings (SSSR count). The number of halogens is 1. The van der Waals surface area contributed by atoms with Gasteiger partial charge in [0, 0.05) is 26.1 Å². The number of hydrogen-bond donors (Lipinski definition) is 2. The first-order valence-electron chi connectivity index (χ1n) is 12.4. The highest BCUT2D eigenvalue weighted by Gasteiger charge is 2.30. The number of hydrogen-bond acceptors (Lipinski definition) is 7. The number of fused-ring (bicyclic) bond motifs is 1. The fourth-order valence-electron chi connectivity index (χ4n) is 3.96. The molecule has 0 radical (unpaired) electrons. The van der Waals surface area contributed by atoms with Gasteiger partial charge in [-0.15, -0.1) is 0 Å². The summed E-state index contributed by atoms with van der Waals surface area (Å²) in [7, 11) is 3.91. The second-order valence-corrected chi connectivity index (χ2v) is 12.2. The highest BCUT2D eigenvalue weighted by molar-refractivity contribution is 14.2. The molecule has 0 spiro atoms. The minimum absolute atomic E-state index is 0. The molecule has 2 saturated carbocycles. The minimum Gasteiger partial charge on any atom is -0.407 e. The molecule has 1 amide bonds. The Morgan fingerprint density at radius 3 is 2.49 bits per heavy atom. The number of aromatic nitrogens is 3. The van der Waals surface area contributed by atoms with Crippen LogP contribution < -0.4 is 14.8 Å². The topological polar surface area (TPSA) is 84.3 Å². The van der Waals surface area contributed by atoms with Crippen molar-refractivity contribution in [3.63, 3.8) is 0 Å². The van der Waals surface area contributed by atoms with Crippen molar-refractivity contribution in [3.05, 3.63) is 35.7 Å². The summed E-state index contributed by atoms with van der Waals surface area (Å²) < 4.78 is 10.1. The zero-order chi connectivity index (χ0) is 25.8. The average molecular weight is 675 g/mol. The first-order chi connectivity index (χ1) is 17.4. The molecule has 0 aliphatic heterocycles. The molecule has 0 bridgehead atoms. The first kappa shape index (κ1) is 30.3. The number of imidazole rings is 1. The van der Waals surface area contributed by atoms with Crippen molar-refractivity contribution in [2.75, 3.05) is 24.7 Å². The number of aryl methyl sites for hydroxylation is 1. The second-order valence-electron chi connectivity index (χ2n) is 9.05. The third-order valence-corrected chi connectivity index (χ3v) is 8.90. The van der Waals surface area contributed by atoms with Crippen LogP contribution in [0, 0.1) is 12.8 Å². The molecular formula is C25H36IN6O2PS2. The number of carbonyl (C=O) groups excluding carboxylic acids is 1. The van der Waals surface area contributed by atoms with Gasteiger partial charge in [0.2, 0.25) is 5.91 Å². The van der Waals surface area contributed by atoms with Crippen LogP contribution >= 0.6 is 54.1 Å². The van der Waals surface area contributed by atoms with Gasteiger partial charge in [-0.3, -0.25) is 9.13 Å². The fourth-order valence-corrected chi connectivity index (χ4v) is 6.47. The van der Waals surface area contributed by atoms with Crippen LogP contribution in [0.4, 0.5) is 17.2 Å². The summed E-state index contributed by atoms with van der Waals surface area (Å²) in [6.07, 6.45) is 6.10. The Balaban J connectivity index is 0.00000124. The summed E-state index contributed by atoms with van der Waals surface area (Å²) in [5.74, 6) is 2.97. The van der Waals surface area contributed by atoms with Crippen LogP contribution in [0.2, 0.25) is 0 Å². The number of carbonyl (C=O) groups is 1. The van der Waals surface area contributed by atoms with Crippen LogP contribution in [0.3, 0.4) is 0 Å².